The summed E-state index contributed by atoms with van der Waals surface area (Å²) in [4.78, 5) is 16.0. The highest BCUT2D eigenvalue weighted by Crippen LogP contribution is 2.36. The van der Waals surface area contributed by atoms with Crippen LogP contribution in [0.2, 0.25) is 0 Å². The van der Waals surface area contributed by atoms with Crippen LogP contribution >= 0.6 is 11.8 Å². The standard InChI is InChI=1S/C18H28F2N2O3S/c1-4-26-16-15(17(23)24)13(2)12-14(21-8-10-25-11-9-21)22(16)7-5-6-18(3,19)20/h12,14H,4-11H2,1-3H3,(H,23,24). The van der Waals surface area contributed by atoms with Crippen LogP contribution in [0, 0.1) is 0 Å². The third-order valence-corrected chi connectivity index (χ3v) is 5.52. The Kier molecular flexibility index (Phi) is 7.49. The second-order valence-corrected chi connectivity index (χ2v) is 7.95. The number of thioether (sulfide) groups is 1. The van der Waals surface area contributed by atoms with E-state index in [-0.39, 0.29) is 18.2 Å². The van der Waals surface area contributed by atoms with Crippen LogP contribution in [-0.4, -0.2) is 71.6 Å². The number of carbonyl (C=O) groups is 1. The number of aliphatic carboxylic acids is 1. The zero-order valence-corrected chi connectivity index (χ0v) is 16.5. The Morgan fingerprint density at radius 1 is 1.42 bits per heavy atom. The van der Waals surface area contributed by atoms with Gasteiger partial charge in [0.25, 0.3) is 0 Å². The molecule has 0 amide bonds. The predicted octanol–water partition coefficient (Wildman–Crippen LogP) is 3.39. The van der Waals surface area contributed by atoms with E-state index in [1.165, 1.54) is 11.8 Å². The van der Waals surface area contributed by atoms with E-state index in [2.05, 4.69) is 4.90 Å². The number of rotatable bonds is 8. The number of ether oxygens (including phenoxy) is 1. The van der Waals surface area contributed by atoms with Gasteiger partial charge in [-0.25, -0.2) is 13.6 Å². The number of nitrogens with zero attached hydrogens (tertiary/aromatic N) is 2. The third kappa shape index (κ3) is 5.44. The van der Waals surface area contributed by atoms with E-state index in [0.717, 1.165) is 31.3 Å². The van der Waals surface area contributed by atoms with Gasteiger partial charge in [0.05, 0.1) is 23.8 Å². The van der Waals surface area contributed by atoms with Crippen LogP contribution in [0.5, 0.6) is 0 Å². The maximum atomic E-state index is 13.3. The summed E-state index contributed by atoms with van der Waals surface area (Å²) in [6.45, 7) is 7.81. The number of hydrogen-bond donors (Lipinski definition) is 1. The summed E-state index contributed by atoms with van der Waals surface area (Å²) in [7, 11) is 0. The molecule has 26 heavy (non-hydrogen) atoms. The summed E-state index contributed by atoms with van der Waals surface area (Å²) in [6, 6.07) is 0. The second kappa shape index (κ2) is 9.19. The summed E-state index contributed by atoms with van der Waals surface area (Å²) in [5, 5.41) is 10.4. The molecule has 0 bridgehead atoms. The highest BCUT2D eigenvalue weighted by atomic mass is 32.2. The topological polar surface area (TPSA) is 53.0 Å². The average Bonchev–Trinajstić information content (AvgIpc) is 2.56. The van der Waals surface area contributed by atoms with Crippen molar-refractivity contribution in [1.82, 2.24) is 9.80 Å². The van der Waals surface area contributed by atoms with E-state index in [9.17, 15) is 18.7 Å². The average molecular weight is 390 g/mol. The number of alkyl halides is 2. The fraction of sp³-hybridized carbons (Fsp3) is 0.722. The minimum Gasteiger partial charge on any atom is -0.478 e. The number of hydrogen-bond acceptors (Lipinski definition) is 5. The summed E-state index contributed by atoms with van der Waals surface area (Å²) < 4.78 is 32.0. The molecule has 0 spiro atoms. The SMILES string of the molecule is CCSC1=C(C(=O)O)C(C)=CC(N2CCOCC2)N1CCCC(C)(F)F. The molecular formula is C18H28F2N2O3S. The van der Waals surface area contributed by atoms with Crippen LogP contribution in [0.1, 0.15) is 33.6 Å². The lowest BCUT2D eigenvalue weighted by atomic mass is 10.0. The molecule has 0 aromatic rings. The van der Waals surface area contributed by atoms with Crippen molar-refractivity contribution in [3.05, 3.63) is 22.3 Å². The van der Waals surface area contributed by atoms with Gasteiger partial charge >= 0.3 is 5.97 Å². The fourth-order valence-corrected chi connectivity index (χ4v) is 4.35. The molecule has 0 aromatic carbocycles. The predicted molar refractivity (Wildman–Crippen MR) is 99.3 cm³/mol. The zero-order chi connectivity index (χ0) is 19.3. The number of carboxylic acid groups (broad SMARTS) is 1. The second-order valence-electron chi connectivity index (χ2n) is 6.70. The van der Waals surface area contributed by atoms with Crippen molar-refractivity contribution < 1.29 is 23.4 Å². The lowest BCUT2D eigenvalue weighted by molar-refractivity contribution is -0.132. The van der Waals surface area contributed by atoms with E-state index in [1.54, 1.807) is 0 Å². The number of carboxylic acids is 1. The minimum absolute atomic E-state index is 0.124. The quantitative estimate of drug-likeness (QED) is 0.686. The van der Waals surface area contributed by atoms with Crippen LogP contribution in [-0.2, 0) is 9.53 Å². The van der Waals surface area contributed by atoms with Gasteiger partial charge in [-0.3, -0.25) is 4.90 Å². The van der Waals surface area contributed by atoms with Crippen molar-refractivity contribution in [2.75, 3.05) is 38.6 Å². The molecule has 5 nitrogen and oxygen atoms in total. The van der Waals surface area contributed by atoms with E-state index in [4.69, 9.17) is 4.74 Å². The molecule has 0 saturated carbocycles. The van der Waals surface area contributed by atoms with Gasteiger partial charge in [0.2, 0.25) is 5.92 Å². The summed E-state index contributed by atoms with van der Waals surface area (Å²) in [5.41, 5.74) is 1.01. The molecule has 0 radical (unpaired) electrons. The normalized spacial score (nSPS) is 22.6. The van der Waals surface area contributed by atoms with Crippen LogP contribution < -0.4 is 0 Å². The largest absolute Gasteiger partial charge is 0.478 e. The number of morpholine rings is 1. The van der Waals surface area contributed by atoms with Crippen molar-refractivity contribution >= 4 is 17.7 Å². The van der Waals surface area contributed by atoms with Crippen LogP contribution in [0.4, 0.5) is 8.78 Å². The summed E-state index contributed by atoms with van der Waals surface area (Å²) in [6.07, 6.45) is 1.91. The monoisotopic (exact) mass is 390 g/mol. The van der Waals surface area contributed by atoms with Gasteiger partial charge in [-0.15, -0.1) is 11.8 Å². The molecule has 0 aromatic heterocycles. The van der Waals surface area contributed by atoms with Gasteiger partial charge in [0.1, 0.15) is 6.17 Å². The Bertz CT molecular complexity index is 569. The van der Waals surface area contributed by atoms with Crippen molar-refractivity contribution in [3.8, 4) is 0 Å². The summed E-state index contributed by atoms with van der Waals surface area (Å²) in [5.74, 6) is -2.97. The molecule has 1 saturated heterocycles. The van der Waals surface area contributed by atoms with Gasteiger partial charge in [-0.1, -0.05) is 6.92 Å². The molecule has 1 fully saturated rings. The van der Waals surface area contributed by atoms with Gasteiger partial charge < -0.3 is 14.7 Å². The minimum atomic E-state index is -2.71. The molecule has 2 aliphatic heterocycles. The van der Waals surface area contributed by atoms with Crippen LogP contribution in [0.25, 0.3) is 0 Å². The Hall–Kier alpha value is -1.12. The van der Waals surface area contributed by atoms with Crippen molar-refractivity contribution in [3.63, 3.8) is 0 Å². The molecule has 1 unspecified atom stereocenters. The van der Waals surface area contributed by atoms with E-state index >= 15 is 0 Å². The first-order chi connectivity index (χ1) is 12.2. The third-order valence-electron chi connectivity index (χ3n) is 4.52. The Labute approximate surface area is 158 Å². The molecule has 0 aliphatic carbocycles. The van der Waals surface area contributed by atoms with Gasteiger partial charge in [-0.05, 0) is 37.7 Å². The molecule has 1 atom stereocenters. The molecule has 8 heteroatoms. The molecular weight excluding hydrogens is 362 g/mol. The Balaban J connectivity index is 2.31. The molecule has 1 N–H and O–H groups in total. The first-order valence-corrected chi connectivity index (χ1v) is 9.98. The van der Waals surface area contributed by atoms with Crippen LogP contribution in [0.15, 0.2) is 22.3 Å². The summed E-state index contributed by atoms with van der Waals surface area (Å²) >= 11 is 1.46. The van der Waals surface area contributed by atoms with Crippen molar-refractivity contribution in [2.24, 2.45) is 0 Å². The van der Waals surface area contributed by atoms with E-state index < -0.39 is 11.9 Å². The fourth-order valence-electron chi connectivity index (χ4n) is 3.32. The van der Waals surface area contributed by atoms with Crippen molar-refractivity contribution in [2.45, 2.75) is 45.7 Å². The molecule has 148 valence electrons. The highest BCUT2D eigenvalue weighted by molar-refractivity contribution is 8.03. The maximum absolute atomic E-state index is 13.3. The lowest BCUT2D eigenvalue weighted by Gasteiger charge is -2.44. The highest BCUT2D eigenvalue weighted by Gasteiger charge is 2.34. The van der Waals surface area contributed by atoms with E-state index in [1.807, 2.05) is 24.8 Å². The van der Waals surface area contributed by atoms with Crippen molar-refractivity contribution in [1.29, 1.82) is 0 Å². The molecule has 2 rings (SSSR count). The lowest BCUT2D eigenvalue weighted by Crippen LogP contribution is -2.52. The Morgan fingerprint density at radius 2 is 2.08 bits per heavy atom. The van der Waals surface area contributed by atoms with Gasteiger partial charge in [-0.2, -0.15) is 0 Å². The Morgan fingerprint density at radius 3 is 2.62 bits per heavy atom. The van der Waals surface area contributed by atoms with E-state index in [0.29, 0.717) is 31.2 Å². The first-order valence-electron chi connectivity index (χ1n) is 9.00. The maximum Gasteiger partial charge on any atom is 0.338 e. The smallest absolute Gasteiger partial charge is 0.338 e. The zero-order valence-electron chi connectivity index (χ0n) is 15.6. The van der Waals surface area contributed by atoms with Crippen LogP contribution in [0.3, 0.4) is 0 Å². The molecule has 2 aliphatic rings. The number of halogens is 2. The van der Waals surface area contributed by atoms with Gasteiger partial charge in [0, 0.05) is 26.1 Å². The first kappa shape index (κ1) is 21.2. The van der Waals surface area contributed by atoms with Gasteiger partial charge in [0.15, 0.2) is 0 Å². The molecule has 2 heterocycles.